The first-order chi connectivity index (χ1) is 11.7. The maximum absolute atomic E-state index is 12.4. The van der Waals surface area contributed by atoms with Crippen LogP contribution < -0.4 is 10.9 Å². The third-order valence-electron chi connectivity index (χ3n) is 3.77. The molecule has 1 aromatic carbocycles. The van der Waals surface area contributed by atoms with Crippen molar-refractivity contribution in [3.63, 3.8) is 0 Å². The summed E-state index contributed by atoms with van der Waals surface area (Å²) in [5, 5.41) is 12.0. The summed E-state index contributed by atoms with van der Waals surface area (Å²) >= 11 is 0. The largest absolute Gasteiger partial charge is 0.370 e. The number of hydrogen-bond donors (Lipinski definition) is 1. The van der Waals surface area contributed by atoms with Gasteiger partial charge in [0.15, 0.2) is 0 Å². The van der Waals surface area contributed by atoms with Gasteiger partial charge in [-0.05, 0) is 37.6 Å². The monoisotopic (exact) mass is 319 g/mol. The van der Waals surface area contributed by atoms with E-state index in [0.29, 0.717) is 24.3 Å². The van der Waals surface area contributed by atoms with Gasteiger partial charge in [0.05, 0.1) is 16.6 Å². The van der Waals surface area contributed by atoms with Gasteiger partial charge in [0, 0.05) is 19.3 Å². The lowest BCUT2D eigenvalue weighted by Gasteiger charge is -2.11. The average molecular weight is 319 g/mol. The summed E-state index contributed by atoms with van der Waals surface area (Å²) in [6.07, 6.45) is 2.31. The second kappa shape index (κ2) is 6.92. The number of anilines is 1. The topological polar surface area (TPSA) is 83.6 Å². The van der Waals surface area contributed by atoms with Crippen LogP contribution in [-0.2, 0) is 6.54 Å². The van der Waals surface area contributed by atoms with Gasteiger partial charge in [0.2, 0.25) is 0 Å². The smallest absolute Gasteiger partial charge is 0.272 e. The number of nitrogens with zero attached hydrogens (tertiary/aromatic N) is 4. The van der Waals surface area contributed by atoms with E-state index in [1.807, 2.05) is 30.3 Å². The molecular weight excluding hydrogens is 302 g/mol. The lowest BCUT2D eigenvalue weighted by Crippen LogP contribution is -2.25. The molecule has 1 N–H and O–H groups in total. The molecule has 0 saturated heterocycles. The lowest BCUT2D eigenvalue weighted by atomic mass is 10.2. The van der Waals surface area contributed by atoms with E-state index in [0.717, 1.165) is 23.3 Å². The van der Waals surface area contributed by atoms with Gasteiger partial charge >= 0.3 is 0 Å². The number of aryl methyl sites for hydroxylation is 2. The van der Waals surface area contributed by atoms with Crippen molar-refractivity contribution in [2.75, 3.05) is 11.9 Å². The minimum atomic E-state index is -0.0507. The zero-order valence-electron chi connectivity index (χ0n) is 13.4. The van der Waals surface area contributed by atoms with Gasteiger partial charge in [-0.15, -0.1) is 0 Å². The quantitative estimate of drug-likeness (QED) is 0.730. The first-order valence-corrected chi connectivity index (χ1v) is 7.75. The second-order valence-corrected chi connectivity index (χ2v) is 5.47. The van der Waals surface area contributed by atoms with Gasteiger partial charge < -0.3 is 9.88 Å². The summed E-state index contributed by atoms with van der Waals surface area (Å²) < 4.78 is 1.77. The molecule has 0 aliphatic heterocycles. The average Bonchev–Trinajstić information content (AvgIpc) is 2.62. The maximum Gasteiger partial charge on any atom is 0.272 e. The van der Waals surface area contributed by atoms with Crippen LogP contribution in [0.2, 0.25) is 0 Å². The minimum absolute atomic E-state index is 0.0507. The summed E-state index contributed by atoms with van der Waals surface area (Å²) in [6, 6.07) is 13.2. The predicted molar refractivity (Wildman–Crippen MR) is 92.8 cm³/mol. The molecule has 0 fully saturated rings. The van der Waals surface area contributed by atoms with Gasteiger partial charge in [0.25, 0.3) is 5.56 Å². The standard InChI is InChI=1S/C18H17N5O/c1-13-18(24)23(16-6-3-2-5-15(16)22-13)10-4-9-20-17-8-7-14(11-19)12-21-17/h2-3,5-8,12H,4,9-10H2,1H3,(H,20,21). The summed E-state index contributed by atoms with van der Waals surface area (Å²) in [7, 11) is 0. The molecule has 0 spiro atoms. The highest BCUT2D eigenvalue weighted by Gasteiger charge is 2.07. The first kappa shape index (κ1) is 15.7. The number of nitriles is 1. The summed E-state index contributed by atoms with van der Waals surface area (Å²) in [6.45, 7) is 3.03. The summed E-state index contributed by atoms with van der Waals surface area (Å²) in [5.41, 5.74) is 2.67. The van der Waals surface area contributed by atoms with Gasteiger partial charge in [-0.25, -0.2) is 9.97 Å². The molecule has 0 bridgehead atoms. The molecule has 0 unspecified atom stereocenters. The molecule has 0 atom stereocenters. The van der Waals surface area contributed by atoms with Crippen LogP contribution in [0.1, 0.15) is 17.7 Å². The molecule has 6 heteroatoms. The number of rotatable bonds is 5. The molecule has 120 valence electrons. The van der Waals surface area contributed by atoms with E-state index in [4.69, 9.17) is 5.26 Å². The Bertz CT molecular complexity index is 954. The third-order valence-corrected chi connectivity index (χ3v) is 3.77. The van der Waals surface area contributed by atoms with Crippen molar-refractivity contribution < 1.29 is 0 Å². The molecule has 3 rings (SSSR count). The van der Waals surface area contributed by atoms with Crippen LogP contribution in [0, 0.1) is 18.3 Å². The van der Waals surface area contributed by atoms with Crippen LogP contribution in [0.5, 0.6) is 0 Å². The van der Waals surface area contributed by atoms with Crippen molar-refractivity contribution in [3.8, 4) is 6.07 Å². The number of benzene rings is 1. The Morgan fingerprint density at radius 3 is 2.83 bits per heavy atom. The minimum Gasteiger partial charge on any atom is -0.370 e. The van der Waals surface area contributed by atoms with Gasteiger partial charge in [0.1, 0.15) is 17.6 Å². The van der Waals surface area contributed by atoms with Crippen molar-refractivity contribution >= 4 is 16.9 Å². The Hall–Kier alpha value is -3.20. The van der Waals surface area contributed by atoms with E-state index in [2.05, 4.69) is 15.3 Å². The molecule has 0 radical (unpaired) electrons. The highest BCUT2D eigenvalue weighted by Crippen LogP contribution is 2.10. The van der Waals surface area contributed by atoms with E-state index in [9.17, 15) is 4.79 Å². The Morgan fingerprint density at radius 1 is 1.25 bits per heavy atom. The van der Waals surface area contributed by atoms with Crippen LogP contribution in [0.3, 0.4) is 0 Å². The van der Waals surface area contributed by atoms with Crippen molar-refractivity contribution in [2.45, 2.75) is 19.9 Å². The Kier molecular flexibility index (Phi) is 4.52. The number of nitrogens with one attached hydrogen (secondary N) is 1. The fraction of sp³-hybridized carbons (Fsp3) is 0.222. The molecule has 2 heterocycles. The van der Waals surface area contributed by atoms with Crippen LogP contribution in [-0.4, -0.2) is 21.1 Å². The van der Waals surface area contributed by atoms with Crippen molar-refractivity contribution in [1.29, 1.82) is 5.26 Å². The molecule has 0 amide bonds. The molecule has 2 aromatic heterocycles. The molecule has 0 saturated carbocycles. The van der Waals surface area contributed by atoms with Crippen LogP contribution in [0.4, 0.5) is 5.82 Å². The number of fused-ring (bicyclic) bond motifs is 1. The van der Waals surface area contributed by atoms with Gasteiger partial charge in [-0.1, -0.05) is 12.1 Å². The number of para-hydroxylation sites is 2. The second-order valence-electron chi connectivity index (χ2n) is 5.47. The van der Waals surface area contributed by atoms with Crippen LogP contribution in [0.15, 0.2) is 47.4 Å². The SMILES string of the molecule is Cc1nc2ccccc2n(CCCNc2ccc(C#N)cn2)c1=O. The highest BCUT2D eigenvalue weighted by molar-refractivity contribution is 5.74. The molecule has 0 aliphatic rings. The molecule has 24 heavy (non-hydrogen) atoms. The molecule has 3 aromatic rings. The molecule has 0 aliphatic carbocycles. The van der Waals surface area contributed by atoms with Crippen molar-refractivity contribution in [1.82, 2.24) is 14.5 Å². The van der Waals surface area contributed by atoms with E-state index in [1.165, 1.54) is 6.20 Å². The van der Waals surface area contributed by atoms with Gasteiger partial charge in [-0.3, -0.25) is 4.79 Å². The van der Waals surface area contributed by atoms with Crippen LogP contribution >= 0.6 is 0 Å². The number of hydrogen-bond acceptors (Lipinski definition) is 5. The Balaban J connectivity index is 1.68. The molecular formula is C18H17N5O. The number of pyridine rings is 1. The maximum atomic E-state index is 12.4. The van der Waals surface area contributed by atoms with Crippen molar-refractivity contribution in [3.05, 3.63) is 64.2 Å². The first-order valence-electron chi connectivity index (χ1n) is 7.75. The fourth-order valence-corrected chi connectivity index (χ4v) is 2.56. The third kappa shape index (κ3) is 3.25. The van der Waals surface area contributed by atoms with Crippen molar-refractivity contribution in [2.24, 2.45) is 0 Å². The number of aromatic nitrogens is 3. The van der Waals surface area contributed by atoms with Crippen LogP contribution in [0.25, 0.3) is 11.0 Å². The highest BCUT2D eigenvalue weighted by atomic mass is 16.1. The van der Waals surface area contributed by atoms with E-state index < -0.39 is 0 Å². The zero-order chi connectivity index (χ0) is 16.9. The van der Waals surface area contributed by atoms with E-state index >= 15 is 0 Å². The Labute approximate surface area is 139 Å². The van der Waals surface area contributed by atoms with E-state index in [-0.39, 0.29) is 5.56 Å². The zero-order valence-corrected chi connectivity index (χ0v) is 13.4. The summed E-state index contributed by atoms with van der Waals surface area (Å²) in [4.78, 5) is 20.9. The normalized spacial score (nSPS) is 10.5. The van der Waals surface area contributed by atoms with E-state index in [1.54, 1.807) is 23.6 Å². The lowest BCUT2D eigenvalue weighted by molar-refractivity contribution is 0.652. The Morgan fingerprint density at radius 2 is 2.08 bits per heavy atom. The van der Waals surface area contributed by atoms with Gasteiger partial charge in [-0.2, -0.15) is 5.26 Å². The fourth-order valence-electron chi connectivity index (χ4n) is 2.56. The summed E-state index contributed by atoms with van der Waals surface area (Å²) in [5.74, 6) is 0.720. The molecule has 6 nitrogen and oxygen atoms in total. The predicted octanol–water partition coefficient (Wildman–Crippen LogP) is 2.47.